The number of ether oxygens (including phenoxy) is 1. The number of rotatable bonds is 4. The smallest absolute Gasteiger partial charge is 0.269 e. The van der Waals surface area contributed by atoms with Crippen molar-refractivity contribution < 1.29 is 9.53 Å². The van der Waals surface area contributed by atoms with Gasteiger partial charge in [0.05, 0.1) is 11.8 Å². The molecule has 0 unspecified atom stereocenters. The van der Waals surface area contributed by atoms with Crippen molar-refractivity contribution in [1.29, 1.82) is 0 Å². The van der Waals surface area contributed by atoms with Gasteiger partial charge in [0, 0.05) is 22.8 Å². The van der Waals surface area contributed by atoms with Crippen molar-refractivity contribution in [3.8, 4) is 17.0 Å². The number of methoxy groups -OCH3 is 1. The number of benzene rings is 2. The average molecular weight is 368 g/mol. The van der Waals surface area contributed by atoms with Crippen LogP contribution in [0.15, 0.2) is 48.7 Å². The number of nitrogens with zero attached hydrogens (tertiary/aromatic N) is 3. The summed E-state index contributed by atoms with van der Waals surface area (Å²) in [5, 5.41) is 8.01. The molecule has 0 aliphatic heterocycles. The maximum atomic E-state index is 12.6. The van der Waals surface area contributed by atoms with E-state index in [-0.39, 0.29) is 5.91 Å². The third-order valence-electron chi connectivity index (χ3n) is 3.67. The lowest BCUT2D eigenvalue weighted by Gasteiger charge is -2.05. The van der Waals surface area contributed by atoms with E-state index in [0.29, 0.717) is 16.3 Å². The maximum absolute atomic E-state index is 12.6. The Kier molecular flexibility index (Phi) is 4.12. The van der Waals surface area contributed by atoms with E-state index >= 15 is 0 Å². The highest BCUT2D eigenvalue weighted by Crippen LogP contribution is 2.27. The zero-order valence-electron chi connectivity index (χ0n) is 13.1. The third kappa shape index (κ3) is 3.09. The van der Waals surface area contributed by atoms with Gasteiger partial charge in [-0.25, -0.2) is 0 Å². The maximum Gasteiger partial charge on any atom is 0.269 e. The van der Waals surface area contributed by atoms with Crippen LogP contribution in [-0.4, -0.2) is 27.0 Å². The molecular formula is C17H12N4O2S2. The van der Waals surface area contributed by atoms with Crippen LogP contribution in [0.4, 0.5) is 5.69 Å². The van der Waals surface area contributed by atoms with E-state index in [1.165, 1.54) is 11.5 Å². The van der Waals surface area contributed by atoms with E-state index in [1.807, 2.05) is 42.5 Å². The number of hydrogen-bond donors (Lipinski definition) is 1. The predicted octanol–water partition coefficient (Wildman–Crippen LogP) is 4.08. The molecule has 2 aromatic heterocycles. The summed E-state index contributed by atoms with van der Waals surface area (Å²) in [5.41, 5.74) is 2.09. The lowest BCUT2D eigenvalue weighted by Crippen LogP contribution is -2.11. The molecule has 25 heavy (non-hydrogen) atoms. The summed E-state index contributed by atoms with van der Waals surface area (Å²) in [6, 6.07) is 13.1. The first-order valence-corrected chi connectivity index (χ1v) is 8.92. The van der Waals surface area contributed by atoms with Crippen LogP contribution in [0, 0.1) is 0 Å². The minimum absolute atomic E-state index is 0.233. The molecule has 0 aliphatic carbocycles. The first-order valence-electron chi connectivity index (χ1n) is 7.37. The van der Waals surface area contributed by atoms with Gasteiger partial charge in [-0.2, -0.15) is 4.37 Å². The summed E-state index contributed by atoms with van der Waals surface area (Å²) in [4.78, 5) is 13.1. The number of fused-ring (bicyclic) bond motifs is 1. The Hall–Kier alpha value is -2.84. The summed E-state index contributed by atoms with van der Waals surface area (Å²) < 4.78 is 14.3. The van der Waals surface area contributed by atoms with Crippen LogP contribution in [0.1, 0.15) is 9.67 Å². The fourth-order valence-electron chi connectivity index (χ4n) is 2.42. The Morgan fingerprint density at radius 2 is 1.96 bits per heavy atom. The number of aromatic nitrogens is 3. The van der Waals surface area contributed by atoms with Gasteiger partial charge < -0.3 is 10.1 Å². The van der Waals surface area contributed by atoms with E-state index < -0.39 is 0 Å². The Morgan fingerprint density at radius 1 is 1.12 bits per heavy atom. The number of carbonyl (C=O) groups excluding carboxylic acids is 1. The van der Waals surface area contributed by atoms with Crippen molar-refractivity contribution in [3.05, 3.63) is 53.5 Å². The van der Waals surface area contributed by atoms with Gasteiger partial charge in [0.1, 0.15) is 16.3 Å². The molecule has 0 radical (unpaired) electrons. The summed E-state index contributed by atoms with van der Waals surface area (Å²) in [6.07, 6.45) is 1.78. The van der Waals surface area contributed by atoms with E-state index in [2.05, 4.69) is 19.3 Å². The van der Waals surface area contributed by atoms with Gasteiger partial charge in [-0.1, -0.05) is 4.49 Å². The van der Waals surface area contributed by atoms with Gasteiger partial charge >= 0.3 is 0 Å². The largest absolute Gasteiger partial charge is 0.497 e. The van der Waals surface area contributed by atoms with Crippen LogP contribution >= 0.6 is 23.1 Å². The first-order chi connectivity index (χ1) is 12.2. The molecule has 6 nitrogen and oxygen atoms in total. The lowest BCUT2D eigenvalue weighted by atomic mass is 10.1. The Morgan fingerprint density at radius 3 is 2.76 bits per heavy atom. The quantitative estimate of drug-likeness (QED) is 0.587. The molecule has 1 amide bonds. The zero-order valence-corrected chi connectivity index (χ0v) is 14.7. The molecule has 2 aromatic carbocycles. The molecule has 0 saturated heterocycles. The normalized spacial score (nSPS) is 10.8. The highest BCUT2D eigenvalue weighted by molar-refractivity contribution is 7.13. The van der Waals surface area contributed by atoms with Crippen LogP contribution in [0.3, 0.4) is 0 Å². The number of hydrogen-bond acceptors (Lipinski definition) is 7. The molecule has 2 heterocycles. The van der Waals surface area contributed by atoms with Gasteiger partial charge in [-0.05, 0) is 65.5 Å². The van der Waals surface area contributed by atoms with Crippen molar-refractivity contribution >= 4 is 44.7 Å². The van der Waals surface area contributed by atoms with E-state index in [1.54, 1.807) is 13.3 Å². The highest BCUT2D eigenvalue weighted by atomic mass is 32.1. The molecule has 1 N–H and O–H groups in total. The standard InChI is InChI=1S/C17H12N4O2S2/c1-23-13-5-2-10(3-6-13)15-16(25-21-20-15)17(22)19-12-4-7-14-11(8-12)9-18-24-14/h2-9H,1H3,(H,19,22). The van der Waals surface area contributed by atoms with Crippen molar-refractivity contribution in [2.75, 3.05) is 12.4 Å². The minimum atomic E-state index is -0.233. The molecule has 0 aliphatic rings. The van der Waals surface area contributed by atoms with Crippen LogP contribution in [-0.2, 0) is 0 Å². The van der Waals surface area contributed by atoms with Gasteiger partial charge in [0.2, 0.25) is 0 Å². The second kappa shape index (κ2) is 6.58. The summed E-state index contributed by atoms with van der Waals surface area (Å²) in [5.74, 6) is 0.513. The molecule has 0 atom stereocenters. The second-order valence-electron chi connectivity index (χ2n) is 5.21. The predicted molar refractivity (Wildman–Crippen MR) is 99.5 cm³/mol. The van der Waals surface area contributed by atoms with E-state index in [4.69, 9.17) is 4.74 Å². The molecule has 4 rings (SSSR count). The van der Waals surface area contributed by atoms with E-state index in [0.717, 1.165) is 32.9 Å². The molecule has 0 saturated carbocycles. The molecule has 124 valence electrons. The van der Waals surface area contributed by atoms with Gasteiger partial charge in [0.15, 0.2) is 0 Å². The van der Waals surface area contributed by atoms with Crippen molar-refractivity contribution in [2.24, 2.45) is 0 Å². The SMILES string of the molecule is COc1ccc(-c2nnsc2C(=O)Nc2ccc3sncc3c2)cc1. The van der Waals surface area contributed by atoms with Crippen molar-refractivity contribution in [2.45, 2.75) is 0 Å². The summed E-state index contributed by atoms with van der Waals surface area (Å²) >= 11 is 2.50. The van der Waals surface area contributed by atoms with Crippen LogP contribution in [0.5, 0.6) is 5.75 Å². The van der Waals surface area contributed by atoms with Gasteiger partial charge in [-0.3, -0.25) is 4.79 Å². The number of nitrogens with one attached hydrogen (secondary N) is 1. The minimum Gasteiger partial charge on any atom is -0.497 e. The number of amides is 1. The second-order valence-corrected chi connectivity index (χ2v) is 6.80. The summed E-state index contributed by atoms with van der Waals surface area (Å²) in [7, 11) is 1.61. The summed E-state index contributed by atoms with van der Waals surface area (Å²) in [6.45, 7) is 0. The third-order valence-corrected chi connectivity index (χ3v) is 5.17. The Balaban J connectivity index is 1.61. The molecular weight excluding hydrogens is 356 g/mol. The average Bonchev–Trinajstić information content (AvgIpc) is 3.30. The van der Waals surface area contributed by atoms with E-state index in [9.17, 15) is 4.79 Å². The Bertz CT molecular complexity index is 1040. The van der Waals surface area contributed by atoms with Crippen molar-refractivity contribution in [3.63, 3.8) is 0 Å². The molecule has 8 heteroatoms. The monoisotopic (exact) mass is 368 g/mol. The van der Waals surface area contributed by atoms with Crippen LogP contribution < -0.4 is 10.1 Å². The number of anilines is 1. The zero-order chi connectivity index (χ0) is 17.2. The molecule has 0 bridgehead atoms. The van der Waals surface area contributed by atoms with Gasteiger partial charge in [0.25, 0.3) is 5.91 Å². The fourth-order valence-corrected chi connectivity index (χ4v) is 3.62. The lowest BCUT2D eigenvalue weighted by molar-refractivity contribution is 0.103. The number of carbonyl (C=O) groups is 1. The van der Waals surface area contributed by atoms with Gasteiger partial charge in [-0.15, -0.1) is 5.10 Å². The molecule has 0 spiro atoms. The topological polar surface area (TPSA) is 77.0 Å². The first kappa shape index (κ1) is 15.7. The highest BCUT2D eigenvalue weighted by Gasteiger charge is 2.18. The van der Waals surface area contributed by atoms with Crippen molar-refractivity contribution in [1.82, 2.24) is 14.0 Å². The molecule has 0 fully saturated rings. The van der Waals surface area contributed by atoms with Crippen LogP contribution in [0.25, 0.3) is 21.3 Å². The fraction of sp³-hybridized carbons (Fsp3) is 0.0588. The van der Waals surface area contributed by atoms with Crippen LogP contribution in [0.2, 0.25) is 0 Å². The Labute approximate surface area is 151 Å². The molecule has 4 aromatic rings.